The minimum absolute atomic E-state index is 0.537. The van der Waals surface area contributed by atoms with Gasteiger partial charge in [0.1, 0.15) is 0 Å². The summed E-state index contributed by atoms with van der Waals surface area (Å²) in [5.74, 6) is 0.704. The van der Waals surface area contributed by atoms with Crippen LogP contribution < -0.4 is 0 Å². The van der Waals surface area contributed by atoms with Crippen LogP contribution in [0.1, 0.15) is 42.3 Å². The Morgan fingerprint density at radius 2 is 1.95 bits per heavy atom. The molecule has 1 saturated heterocycles. The number of hydrogen-bond donors (Lipinski definition) is 1. The molecule has 0 radical (unpaired) electrons. The SMILES string of the molecule is Cc1nc(CC2(O)CCN(CC(C)C)CC2)sc1C. The first-order valence-corrected chi connectivity index (χ1v) is 8.07. The van der Waals surface area contributed by atoms with Gasteiger partial charge in [-0.3, -0.25) is 0 Å². The van der Waals surface area contributed by atoms with E-state index in [0.717, 1.165) is 49.6 Å². The van der Waals surface area contributed by atoms with Gasteiger partial charge in [0, 0.05) is 30.9 Å². The zero-order chi connectivity index (χ0) is 14.0. The Hall–Kier alpha value is -0.450. The van der Waals surface area contributed by atoms with E-state index >= 15 is 0 Å². The van der Waals surface area contributed by atoms with E-state index in [1.54, 1.807) is 11.3 Å². The fourth-order valence-corrected chi connectivity index (χ4v) is 3.81. The van der Waals surface area contributed by atoms with E-state index in [9.17, 15) is 5.11 Å². The van der Waals surface area contributed by atoms with Crippen LogP contribution >= 0.6 is 11.3 Å². The number of rotatable bonds is 4. The van der Waals surface area contributed by atoms with Crippen molar-refractivity contribution in [1.82, 2.24) is 9.88 Å². The van der Waals surface area contributed by atoms with Crippen molar-refractivity contribution >= 4 is 11.3 Å². The van der Waals surface area contributed by atoms with Gasteiger partial charge in [-0.05, 0) is 32.6 Å². The monoisotopic (exact) mass is 282 g/mol. The molecule has 0 amide bonds. The van der Waals surface area contributed by atoms with Crippen LogP contribution in [0.5, 0.6) is 0 Å². The van der Waals surface area contributed by atoms with Crippen molar-refractivity contribution in [3.63, 3.8) is 0 Å². The van der Waals surface area contributed by atoms with Crippen molar-refractivity contribution in [1.29, 1.82) is 0 Å². The predicted molar refractivity (Wildman–Crippen MR) is 80.8 cm³/mol. The van der Waals surface area contributed by atoms with Crippen LogP contribution in [-0.2, 0) is 6.42 Å². The Morgan fingerprint density at radius 1 is 1.32 bits per heavy atom. The number of aliphatic hydroxyl groups is 1. The number of likely N-dealkylation sites (tertiary alicyclic amines) is 1. The standard InChI is InChI=1S/C15H26N2OS/c1-11(2)10-17-7-5-15(18,6-8-17)9-14-16-12(3)13(4)19-14/h11,18H,5-10H2,1-4H3. The third-order valence-electron chi connectivity index (χ3n) is 3.96. The summed E-state index contributed by atoms with van der Waals surface area (Å²) in [6.45, 7) is 11.8. The number of piperidine rings is 1. The molecular weight excluding hydrogens is 256 g/mol. The number of aromatic nitrogens is 1. The molecule has 0 aromatic carbocycles. The van der Waals surface area contributed by atoms with E-state index in [-0.39, 0.29) is 0 Å². The van der Waals surface area contributed by atoms with Gasteiger partial charge in [0.25, 0.3) is 0 Å². The van der Waals surface area contributed by atoms with Crippen molar-refractivity contribution < 1.29 is 5.11 Å². The fraction of sp³-hybridized carbons (Fsp3) is 0.800. The quantitative estimate of drug-likeness (QED) is 0.922. The maximum atomic E-state index is 10.7. The lowest BCUT2D eigenvalue weighted by atomic mass is 9.88. The molecular formula is C15H26N2OS. The van der Waals surface area contributed by atoms with Crippen molar-refractivity contribution in [3.8, 4) is 0 Å². The summed E-state index contributed by atoms with van der Waals surface area (Å²) in [7, 11) is 0. The van der Waals surface area contributed by atoms with Gasteiger partial charge in [-0.25, -0.2) is 4.98 Å². The molecule has 108 valence electrons. The van der Waals surface area contributed by atoms with E-state index < -0.39 is 5.60 Å². The predicted octanol–water partition coefficient (Wildman–Crippen LogP) is 2.79. The lowest BCUT2D eigenvalue weighted by Crippen LogP contribution is -2.46. The lowest BCUT2D eigenvalue weighted by Gasteiger charge is -2.38. The van der Waals surface area contributed by atoms with Gasteiger partial charge in [0.2, 0.25) is 0 Å². The van der Waals surface area contributed by atoms with Gasteiger partial charge in [-0.2, -0.15) is 0 Å². The van der Waals surface area contributed by atoms with Crippen molar-refractivity contribution in [3.05, 3.63) is 15.6 Å². The molecule has 1 aromatic heterocycles. The van der Waals surface area contributed by atoms with Gasteiger partial charge in [0.15, 0.2) is 0 Å². The van der Waals surface area contributed by atoms with Crippen LogP contribution in [-0.4, -0.2) is 40.2 Å². The zero-order valence-corrected chi connectivity index (χ0v) is 13.4. The second-order valence-electron chi connectivity index (χ2n) is 6.34. The van der Waals surface area contributed by atoms with Gasteiger partial charge < -0.3 is 10.0 Å². The molecule has 1 fully saturated rings. The van der Waals surface area contributed by atoms with Gasteiger partial charge in [0.05, 0.1) is 16.3 Å². The Labute approximate surface area is 120 Å². The summed E-state index contributed by atoms with van der Waals surface area (Å²) in [5, 5.41) is 11.8. The Bertz CT molecular complexity index is 400. The van der Waals surface area contributed by atoms with Gasteiger partial charge >= 0.3 is 0 Å². The second-order valence-corrected chi connectivity index (χ2v) is 7.63. The highest BCUT2D eigenvalue weighted by Gasteiger charge is 2.33. The molecule has 0 unspecified atom stereocenters. The first-order chi connectivity index (χ1) is 8.88. The molecule has 1 aliphatic rings. The number of aryl methyl sites for hydroxylation is 2. The Balaban J connectivity index is 1.91. The molecule has 4 heteroatoms. The van der Waals surface area contributed by atoms with Crippen LogP contribution in [0.25, 0.3) is 0 Å². The van der Waals surface area contributed by atoms with E-state index in [1.807, 2.05) is 6.92 Å². The molecule has 2 rings (SSSR count). The largest absolute Gasteiger partial charge is 0.389 e. The average molecular weight is 282 g/mol. The molecule has 0 saturated carbocycles. The normalized spacial score (nSPS) is 20.1. The van der Waals surface area contributed by atoms with Gasteiger partial charge in [-0.15, -0.1) is 11.3 Å². The molecule has 19 heavy (non-hydrogen) atoms. The second kappa shape index (κ2) is 5.90. The lowest BCUT2D eigenvalue weighted by molar-refractivity contribution is -0.0227. The van der Waals surface area contributed by atoms with E-state index in [1.165, 1.54) is 4.88 Å². The number of thiazole rings is 1. The highest BCUT2D eigenvalue weighted by atomic mass is 32.1. The fourth-order valence-electron chi connectivity index (χ4n) is 2.74. The minimum atomic E-state index is -0.537. The average Bonchev–Trinajstić information content (AvgIpc) is 2.60. The van der Waals surface area contributed by atoms with Crippen molar-refractivity contribution in [2.75, 3.05) is 19.6 Å². The highest BCUT2D eigenvalue weighted by Crippen LogP contribution is 2.29. The smallest absolute Gasteiger partial charge is 0.0959 e. The molecule has 3 nitrogen and oxygen atoms in total. The molecule has 0 bridgehead atoms. The summed E-state index contributed by atoms with van der Waals surface area (Å²) in [5.41, 5.74) is 0.574. The van der Waals surface area contributed by atoms with Crippen LogP contribution in [0.2, 0.25) is 0 Å². The molecule has 1 aliphatic heterocycles. The summed E-state index contributed by atoms with van der Waals surface area (Å²) in [4.78, 5) is 8.31. The Morgan fingerprint density at radius 3 is 2.42 bits per heavy atom. The maximum absolute atomic E-state index is 10.7. The third kappa shape index (κ3) is 4.01. The summed E-state index contributed by atoms with van der Waals surface area (Å²) < 4.78 is 0. The van der Waals surface area contributed by atoms with Crippen LogP contribution in [0.15, 0.2) is 0 Å². The molecule has 1 N–H and O–H groups in total. The van der Waals surface area contributed by atoms with Crippen LogP contribution in [0.4, 0.5) is 0 Å². The first-order valence-electron chi connectivity index (χ1n) is 7.25. The molecule has 0 spiro atoms. The topological polar surface area (TPSA) is 36.4 Å². The van der Waals surface area contributed by atoms with E-state index in [2.05, 4.69) is 30.7 Å². The molecule has 0 atom stereocenters. The van der Waals surface area contributed by atoms with Crippen molar-refractivity contribution in [2.24, 2.45) is 5.92 Å². The molecule has 2 heterocycles. The number of nitrogens with zero attached hydrogens (tertiary/aromatic N) is 2. The summed E-state index contributed by atoms with van der Waals surface area (Å²) in [6.07, 6.45) is 2.47. The molecule has 1 aromatic rings. The minimum Gasteiger partial charge on any atom is -0.389 e. The summed E-state index contributed by atoms with van der Waals surface area (Å²) >= 11 is 1.73. The highest BCUT2D eigenvalue weighted by molar-refractivity contribution is 7.11. The van der Waals surface area contributed by atoms with E-state index in [4.69, 9.17) is 0 Å². The van der Waals surface area contributed by atoms with Gasteiger partial charge in [-0.1, -0.05) is 13.8 Å². The Kier molecular flexibility index (Phi) is 4.64. The summed E-state index contributed by atoms with van der Waals surface area (Å²) in [6, 6.07) is 0. The molecule has 0 aliphatic carbocycles. The van der Waals surface area contributed by atoms with Crippen molar-refractivity contribution in [2.45, 2.75) is 52.6 Å². The third-order valence-corrected chi connectivity index (χ3v) is 5.04. The van der Waals surface area contributed by atoms with Crippen LogP contribution in [0.3, 0.4) is 0 Å². The van der Waals surface area contributed by atoms with Crippen LogP contribution in [0, 0.1) is 19.8 Å². The first kappa shape index (κ1) is 14.9. The number of hydrogen-bond acceptors (Lipinski definition) is 4. The van der Waals surface area contributed by atoms with E-state index in [0.29, 0.717) is 5.92 Å². The zero-order valence-electron chi connectivity index (χ0n) is 12.6. The maximum Gasteiger partial charge on any atom is 0.0959 e.